The van der Waals surface area contributed by atoms with Gasteiger partial charge >= 0.3 is 0 Å². The van der Waals surface area contributed by atoms with Gasteiger partial charge < -0.3 is 4.57 Å². The van der Waals surface area contributed by atoms with Crippen molar-refractivity contribution in [3.63, 3.8) is 0 Å². The van der Waals surface area contributed by atoms with E-state index in [1.807, 2.05) is 48.5 Å². The Hall–Kier alpha value is -6.80. The van der Waals surface area contributed by atoms with Gasteiger partial charge in [0, 0.05) is 33.3 Å². The molecule has 0 aliphatic carbocycles. The molecule has 2 heterocycles. The lowest BCUT2D eigenvalue weighted by atomic mass is 9.82. The summed E-state index contributed by atoms with van der Waals surface area (Å²) < 4.78 is 2.35. The van der Waals surface area contributed by atoms with Crippen LogP contribution in [-0.2, 0) is 4.79 Å². The summed E-state index contributed by atoms with van der Waals surface area (Å²) in [6, 6.07) is 64.9. The quantitative estimate of drug-likeness (QED) is 0.161. The standard InChI is InChI=1S/C48H32N2O/c51-32-42(35-14-4-1-5-15-35)45(36-16-6-2-7-17-36)37-28-24-33(25-29-37)34-26-30-38(31-27-34)47-48-46(40-20-10-12-22-43(40)49-47)41-21-11-13-23-44(41)50(48)39-18-8-3-9-19-39/h1-31,45H. The summed E-state index contributed by atoms with van der Waals surface area (Å²) in [5.74, 6) is 2.05. The fraction of sp³-hybridized carbons (Fsp3) is 0.0208. The van der Waals surface area contributed by atoms with Gasteiger partial charge in [-0.15, -0.1) is 0 Å². The van der Waals surface area contributed by atoms with Gasteiger partial charge in [0.15, 0.2) is 0 Å². The average Bonchev–Trinajstić information content (AvgIpc) is 3.56. The van der Waals surface area contributed by atoms with Crippen molar-refractivity contribution in [2.45, 2.75) is 5.92 Å². The molecule has 9 aromatic rings. The highest BCUT2D eigenvalue weighted by Gasteiger charge is 2.23. The molecule has 0 fully saturated rings. The molecule has 3 nitrogen and oxygen atoms in total. The highest BCUT2D eigenvalue weighted by molar-refractivity contribution is 6.23. The zero-order chi connectivity index (χ0) is 34.1. The van der Waals surface area contributed by atoms with Gasteiger partial charge in [0.2, 0.25) is 0 Å². The van der Waals surface area contributed by atoms with E-state index in [-0.39, 0.29) is 5.92 Å². The third-order valence-corrected chi connectivity index (χ3v) is 9.87. The molecule has 1 atom stereocenters. The number of fused-ring (bicyclic) bond motifs is 5. The lowest BCUT2D eigenvalue weighted by molar-refractivity contribution is 0.569. The van der Waals surface area contributed by atoms with E-state index in [1.165, 1.54) is 10.8 Å². The molecular formula is C48H32N2O. The summed E-state index contributed by atoms with van der Waals surface area (Å²) >= 11 is 0. The van der Waals surface area contributed by atoms with E-state index in [2.05, 4.69) is 150 Å². The van der Waals surface area contributed by atoms with Crippen LogP contribution in [0.15, 0.2) is 188 Å². The van der Waals surface area contributed by atoms with E-state index in [4.69, 9.17) is 4.98 Å². The Bertz CT molecular complexity index is 2710. The van der Waals surface area contributed by atoms with Gasteiger partial charge in [0.25, 0.3) is 0 Å². The first-order valence-electron chi connectivity index (χ1n) is 17.2. The molecular weight excluding hydrogens is 621 g/mol. The first-order chi connectivity index (χ1) is 25.3. The molecule has 3 heteroatoms. The van der Waals surface area contributed by atoms with Crippen molar-refractivity contribution in [3.8, 4) is 28.1 Å². The lowest BCUT2D eigenvalue weighted by Crippen LogP contribution is -2.05. The van der Waals surface area contributed by atoms with Gasteiger partial charge in [-0.05, 0) is 52.1 Å². The summed E-state index contributed by atoms with van der Waals surface area (Å²) in [7, 11) is 0. The molecule has 0 saturated carbocycles. The van der Waals surface area contributed by atoms with Crippen LogP contribution in [0, 0.1) is 0 Å². The normalized spacial score (nSPS) is 11.8. The van der Waals surface area contributed by atoms with Crippen LogP contribution in [-0.4, -0.2) is 15.5 Å². The predicted octanol–water partition coefficient (Wildman–Crippen LogP) is 11.7. The second-order valence-electron chi connectivity index (χ2n) is 12.8. The summed E-state index contributed by atoms with van der Waals surface area (Å²) in [6.07, 6.45) is 0. The van der Waals surface area contributed by atoms with Crippen LogP contribution in [0.25, 0.3) is 66.4 Å². The molecule has 7 aromatic carbocycles. The number of carbonyl (C=O) groups excluding carboxylic acids is 1. The van der Waals surface area contributed by atoms with Gasteiger partial charge in [-0.1, -0.05) is 164 Å². The number of para-hydroxylation sites is 3. The van der Waals surface area contributed by atoms with Gasteiger partial charge in [-0.3, -0.25) is 0 Å². The molecule has 0 aliphatic heterocycles. The Labute approximate surface area is 296 Å². The fourth-order valence-electron chi connectivity index (χ4n) is 7.50. The Morgan fingerprint density at radius 1 is 0.510 bits per heavy atom. The van der Waals surface area contributed by atoms with E-state index in [1.54, 1.807) is 0 Å². The van der Waals surface area contributed by atoms with E-state index in [0.29, 0.717) is 5.57 Å². The van der Waals surface area contributed by atoms with E-state index in [9.17, 15) is 4.79 Å². The molecule has 0 radical (unpaired) electrons. The lowest BCUT2D eigenvalue weighted by Gasteiger charge is -2.20. The minimum atomic E-state index is -0.236. The van der Waals surface area contributed by atoms with Crippen LogP contribution >= 0.6 is 0 Å². The van der Waals surface area contributed by atoms with Gasteiger partial charge in [0.05, 0.1) is 27.8 Å². The number of benzene rings is 7. The van der Waals surface area contributed by atoms with Crippen LogP contribution in [0.2, 0.25) is 0 Å². The number of aromatic nitrogens is 2. The summed E-state index contributed by atoms with van der Waals surface area (Å²) in [4.78, 5) is 17.8. The number of hydrogen-bond donors (Lipinski definition) is 0. The maximum absolute atomic E-state index is 12.5. The summed E-state index contributed by atoms with van der Waals surface area (Å²) in [5.41, 5.74) is 12.1. The van der Waals surface area contributed by atoms with Crippen LogP contribution < -0.4 is 0 Å². The molecule has 0 amide bonds. The van der Waals surface area contributed by atoms with Crippen LogP contribution in [0.1, 0.15) is 22.6 Å². The SMILES string of the molecule is O=C=C(c1ccccc1)C(c1ccccc1)c1ccc(-c2ccc(-c3nc4ccccc4c4c5ccccc5n(-c5ccccc5)c34)cc2)cc1. The number of nitrogens with zero attached hydrogens (tertiary/aromatic N) is 2. The zero-order valence-corrected chi connectivity index (χ0v) is 27.8. The van der Waals surface area contributed by atoms with E-state index < -0.39 is 0 Å². The molecule has 0 aliphatic rings. The third kappa shape index (κ3) is 5.34. The molecule has 2 aromatic heterocycles. The Morgan fingerprint density at radius 3 is 1.73 bits per heavy atom. The van der Waals surface area contributed by atoms with Crippen molar-refractivity contribution in [2.24, 2.45) is 0 Å². The molecule has 0 N–H and O–H groups in total. The number of allylic oxidation sites excluding steroid dienone is 1. The van der Waals surface area contributed by atoms with Crippen molar-refractivity contribution in [1.82, 2.24) is 9.55 Å². The van der Waals surface area contributed by atoms with E-state index >= 15 is 0 Å². The Balaban J connectivity index is 1.14. The fourth-order valence-corrected chi connectivity index (χ4v) is 7.50. The van der Waals surface area contributed by atoms with Crippen LogP contribution in [0.5, 0.6) is 0 Å². The number of rotatable bonds is 7. The minimum absolute atomic E-state index is 0.236. The third-order valence-electron chi connectivity index (χ3n) is 9.87. The van der Waals surface area contributed by atoms with Crippen LogP contribution in [0.3, 0.4) is 0 Å². The maximum atomic E-state index is 12.5. The number of hydrogen-bond acceptors (Lipinski definition) is 2. The molecule has 0 saturated heterocycles. The predicted molar refractivity (Wildman–Crippen MR) is 211 cm³/mol. The van der Waals surface area contributed by atoms with Gasteiger partial charge in [-0.2, -0.15) is 0 Å². The minimum Gasteiger partial charge on any atom is -0.307 e. The van der Waals surface area contributed by atoms with Crippen molar-refractivity contribution in [3.05, 3.63) is 205 Å². The molecule has 0 spiro atoms. The topological polar surface area (TPSA) is 34.9 Å². The largest absolute Gasteiger partial charge is 0.307 e. The molecule has 51 heavy (non-hydrogen) atoms. The molecule has 0 bridgehead atoms. The molecule has 240 valence electrons. The van der Waals surface area contributed by atoms with Gasteiger partial charge in [0.1, 0.15) is 5.94 Å². The molecule has 9 rings (SSSR count). The van der Waals surface area contributed by atoms with Gasteiger partial charge in [-0.25, -0.2) is 9.78 Å². The Kier molecular flexibility index (Phi) is 7.66. The second-order valence-corrected chi connectivity index (χ2v) is 12.8. The molecule has 1 unspecified atom stereocenters. The smallest absolute Gasteiger partial charge is 0.129 e. The van der Waals surface area contributed by atoms with Crippen molar-refractivity contribution >= 4 is 44.2 Å². The highest BCUT2D eigenvalue weighted by atomic mass is 16.1. The maximum Gasteiger partial charge on any atom is 0.129 e. The van der Waals surface area contributed by atoms with Crippen molar-refractivity contribution in [1.29, 1.82) is 0 Å². The Morgan fingerprint density at radius 2 is 1.04 bits per heavy atom. The monoisotopic (exact) mass is 652 g/mol. The van der Waals surface area contributed by atoms with Crippen molar-refractivity contribution in [2.75, 3.05) is 0 Å². The first kappa shape index (κ1) is 30.3. The zero-order valence-electron chi connectivity index (χ0n) is 27.8. The average molecular weight is 653 g/mol. The summed E-state index contributed by atoms with van der Waals surface area (Å²) in [6.45, 7) is 0. The second kappa shape index (κ2) is 12.9. The highest BCUT2D eigenvalue weighted by Crippen LogP contribution is 2.42. The van der Waals surface area contributed by atoms with Crippen LogP contribution in [0.4, 0.5) is 0 Å². The van der Waals surface area contributed by atoms with E-state index in [0.717, 1.165) is 66.7 Å². The number of pyridine rings is 1. The van der Waals surface area contributed by atoms with Crippen molar-refractivity contribution < 1.29 is 4.79 Å². The first-order valence-corrected chi connectivity index (χ1v) is 17.2. The summed E-state index contributed by atoms with van der Waals surface area (Å²) in [5, 5.41) is 3.57.